The number of amides is 1. The van der Waals surface area contributed by atoms with Crippen LogP contribution in [0.3, 0.4) is 0 Å². The van der Waals surface area contributed by atoms with Gasteiger partial charge in [-0.15, -0.1) is 0 Å². The largest absolute Gasteiger partial charge is 0.325 e. The lowest BCUT2D eigenvalue weighted by molar-refractivity contribution is -0.119. The van der Waals surface area contributed by atoms with E-state index in [-0.39, 0.29) is 5.91 Å². The zero-order valence-corrected chi connectivity index (χ0v) is 8.45. The van der Waals surface area contributed by atoms with Crippen molar-refractivity contribution in [2.24, 2.45) is 5.41 Å². The Bertz CT molecular complexity index is 443. The fourth-order valence-electron chi connectivity index (χ4n) is 1.39. The average molecular weight is 201 g/mol. The van der Waals surface area contributed by atoms with E-state index in [0.29, 0.717) is 18.5 Å². The highest BCUT2D eigenvalue weighted by Gasteiger charge is 2.50. The summed E-state index contributed by atoms with van der Waals surface area (Å²) < 4.78 is 0. The number of carbonyl (C=O) groups excluding carboxylic acids is 1. The summed E-state index contributed by atoms with van der Waals surface area (Å²) >= 11 is 0. The Morgan fingerprint density at radius 2 is 2.40 bits per heavy atom. The molecule has 1 heterocycles. The first-order chi connectivity index (χ1) is 7.16. The molecular weight excluding hydrogens is 190 g/mol. The monoisotopic (exact) mass is 201 g/mol. The number of carbonyl (C=O) groups is 1. The molecule has 0 aliphatic heterocycles. The van der Waals surface area contributed by atoms with Crippen LogP contribution in [0, 0.1) is 23.7 Å². The van der Waals surface area contributed by atoms with Gasteiger partial charge in [0.05, 0.1) is 6.07 Å². The SMILES string of the molecule is Cc1cc(NC(=O)C2(C#N)CC2)ccn1. The molecule has 0 spiro atoms. The van der Waals surface area contributed by atoms with Crippen molar-refractivity contribution in [2.45, 2.75) is 19.8 Å². The van der Waals surface area contributed by atoms with Crippen LogP contribution in [0.15, 0.2) is 18.3 Å². The third-order valence-electron chi connectivity index (χ3n) is 2.55. The van der Waals surface area contributed by atoms with Gasteiger partial charge < -0.3 is 5.32 Å². The number of hydrogen-bond donors (Lipinski definition) is 1. The molecule has 0 atom stereocenters. The van der Waals surface area contributed by atoms with Crippen molar-refractivity contribution in [1.82, 2.24) is 4.98 Å². The quantitative estimate of drug-likeness (QED) is 0.790. The highest BCUT2D eigenvalue weighted by molar-refractivity contribution is 5.99. The molecule has 0 bridgehead atoms. The third-order valence-corrected chi connectivity index (χ3v) is 2.55. The van der Waals surface area contributed by atoms with Crippen LogP contribution < -0.4 is 5.32 Å². The molecule has 1 aromatic heterocycles. The van der Waals surface area contributed by atoms with E-state index in [1.165, 1.54) is 0 Å². The number of nitriles is 1. The van der Waals surface area contributed by atoms with Crippen LogP contribution in [0.4, 0.5) is 5.69 Å². The van der Waals surface area contributed by atoms with Crippen molar-refractivity contribution in [1.29, 1.82) is 5.26 Å². The highest BCUT2D eigenvalue weighted by atomic mass is 16.2. The Morgan fingerprint density at radius 3 is 2.93 bits per heavy atom. The molecule has 1 aliphatic rings. The topological polar surface area (TPSA) is 65.8 Å². The molecule has 0 aromatic carbocycles. The Morgan fingerprint density at radius 1 is 1.67 bits per heavy atom. The number of rotatable bonds is 2. The van der Waals surface area contributed by atoms with Gasteiger partial charge in [0.15, 0.2) is 0 Å². The van der Waals surface area contributed by atoms with E-state index in [2.05, 4.69) is 16.4 Å². The Kier molecular flexibility index (Phi) is 2.16. The maximum absolute atomic E-state index is 11.7. The average Bonchev–Trinajstić information content (AvgIpc) is 2.98. The Hall–Kier alpha value is -1.89. The number of pyridine rings is 1. The normalized spacial score (nSPS) is 16.5. The van der Waals surface area contributed by atoms with Crippen LogP contribution in [-0.2, 0) is 4.79 Å². The molecule has 1 saturated carbocycles. The standard InChI is InChI=1S/C11H11N3O/c1-8-6-9(2-5-13-8)14-10(15)11(7-12)3-4-11/h2,5-6H,3-4H2,1H3,(H,13,14,15). The van der Waals surface area contributed by atoms with Crippen LogP contribution in [0.25, 0.3) is 0 Å². The molecule has 0 saturated heterocycles. The van der Waals surface area contributed by atoms with E-state index >= 15 is 0 Å². The maximum Gasteiger partial charge on any atom is 0.244 e. The molecule has 1 aromatic rings. The van der Waals surface area contributed by atoms with Gasteiger partial charge in [-0.3, -0.25) is 9.78 Å². The van der Waals surface area contributed by atoms with Gasteiger partial charge in [0.2, 0.25) is 5.91 Å². The lowest BCUT2D eigenvalue weighted by atomic mass is 10.1. The summed E-state index contributed by atoms with van der Waals surface area (Å²) in [5.41, 5.74) is 0.778. The lowest BCUT2D eigenvalue weighted by Gasteiger charge is -2.07. The van der Waals surface area contributed by atoms with Crippen LogP contribution in [-0.4, -0.2) is 10.9 Å². The van der Waals surface area contributed by atoms with E-state index in [4.69, 9.17) is 5.26 Å². The summed E-state index contributed by atoms with van der Waals surface area (Å²) in [4.78, 5) is 15.7. The summed E-state index contributed by atoms with van der Waals surface area (Å²) in [5, 5.41) is 11.6. The molecule has 0 unspecified atom stereocenters. The fourth-order valence-corrected chi connectivity index (χ4v) is 1.39. The third kappa shape index (κ3) is 1.82. The van der Waals surface area contributed by atoms with Crippen molar-refractivity contribution >= 4 is 11.6 Å². The number of aryl methyl sites for hydroxylation is 1. The number of anilines is 1. The first-order valence-corrected chi connectivity index (χ1v) is 4.82. The highest BCUT2D eigenvalue weighted by Crippen LogP contribution is 2.45. The van der Waals surface area contributed by atoms with Crippen molar-refractivity contribution < 1.29 is 4.79 Å². The second kappa shape index (κ2) is 3.35. The molecule has 1 amide bonds. The molecule has 1 aliphatic carbocycles. The molecule has 0 radical (unpaired) electrons. The van der Waals surface area contributed by atoms with E-state index in [1.54, 1.807) is 18.3 Å². The van der Waals surface area contributed by atoms with Gasteiger partial charge >= 0.3 is 0 Å². The second-order valence-corrected chi connectivity index (χ2v) is 3.83. The molecule has 2 rings (SSSR count). The summed E-state index contributed by atoms with van der Waals surface area (Å²) in [6.07, 6.45) is 2.97. The van der Waals surface area contributed by atoms with E-state index in [9.17, 15) is 4.79 Å². The number of nitrogens with zero attached hydrogens (tertiary/aromatic N) is 2. The van der Waals surface area contributed by atoms with Crippen molar-refractivity contribution in [3.63, 3.8) is 0 Å². The van der Waals surface area contributed by atoms with Crippen LogP contribution in [0.2, 0.25) is 0 Å². The maximum atomic E-state index is 11.7. The summed E-state index contributed by atoms with van der Waals surface area (Å²) in [7, 11) is 0. The zero-order valence-electron chi connectivity index (χ0n) is 8.45. The Labute approximate surface area is 87.9 Å². The van der Waals surface area contributed by atoms with Gasteiger partial charge in [0.1, 0.15) is 5.41 Å². The molecule has 1 N–H and O–H groups in total. The predicted molar refractivity (Wildman–Crippen MR) is 54.9 cm³/mol. The number of nitrogens with one attached hydrogen (secondary N) is 1. The van der Waals surface area contributed by atoms with E-state index in [0.717, 1.165) is 5.69 Å². The van der Waals surface area contributed by atoms with Gasteiger partial charge in [0.25, 0.3) is 0 Å². The first kappa shape index (κ1) is 9.66. The van der Waals surface area contributed by atoms with Crippen LogP contribution >= 0.6 is 0 Å². The lowest BCUT2D eigenvalue weighted by Crippen LogP contribution is -2.22. The number of hydrogen-bond acceptors (Lipinski definition) is 3. The van der Waals surface area contributed by atoms with Gasteiger partial charge in [-0.25, -0.2) is 0 Å². The molecule has 4 heteroatoms. The van der Waals surface area contributed by atoms with Crippen LogP contribution in [0.1, 0.15) is 18.5 Å². The minimum Gasteiger partial charge on any atom is -0.325 e. The van der Waals surface area contributed by atoms with Gasteiger partial charge in [-0.05, 0) is 31.9 Å². The number of aromatic nitrogens is 1. The van der Waals surface area contributed by atoms with E-state index < -0.39 is 5.41 Å². The van der Waals surface area contributed by atoms with Crippen LogP contribution in [0.5, 0.6) is 0 Å². The van der Waals surface area contributed by atoms with Gasteiger partial charge in [0, 0.05) is 17.6 Å². The van der Waals surface area contributed by atoms with Crippen molar-refractivity contribution in [3.8, 4) is 6.07 Å². The second-order valence-electron chi connectivity index (χ2n) is 3.83. The molecule has 15 heavy (non-hydrogen) atoms. The first-order valence-electron chi connectivity index (χ1n) is 4.82. The molecule has 76 valence electrons. The Balaban J connectivity index is 2.10. The van der Waals surface area contributed by atoms with Gasteiger partial charge in [-0.2, -0.15) is 5.26 Å². The fraction of sp³-hybridized carbons (Fsp3) is 0.364. The minimum absolute atomic E-state index is 0.199. The van der Waals surface area contributed by atoms with Crippen molar-refractivity contribution in [3.05, 3.63) is 24.0 Å². The van der Waals surface area contributed by atoms with E-state index in [1.807, 2.05) is 6.92 Å². The minimum atomic E-state index is -0.767. The van der Waals surface area contributed by atoms with Gasteiger partial charge in [-0.1, -0.05) is 0 Å². The molecule has 4 nitrogen and oxygen atoms in total. The van der Waals surface area contributed by atoms with Crippen molar-refractivity contribution in [2.75, 3.05) is 5.32 Å². The molecular formula is C11H11N3O. The zero-order chi connectivity index (χ0) is 10.9. The predicted octanol–water partition coefficient (Wildman–Crippen LogP) is 1.63. The summed E-state index contributed by atoms with van der Waals surface area (Å²) in [6, 6.07) is 5.56. The summed E-state index contributed by atoms with van der Waals surface area (Å²) in [6.45, 7) is 1.85. The summed E-state index contributed by atoms with van der Waals surface area (Å²) in [5.74, 6) is -0.199. The smallest absolute Gasteiger partial charge is 0.244 e. The molecule has 1 fully saturated rings.